The molecule has 8 nitrogen and oxygen atoms in total. The summed E-state index contributed by atoms with van der Waals surface area (Å²) in [5.74, 6) is 0.836. The van der Waals surface area contributed by atoms with Crippen LogP contribution in [0, 0.1) is 11.3 Å². The average Bonchev–Trinajstić information content (AvgIpc) is 3.38. The van der Waals surface area contributed by atoms with Gasteiger partial charge in [-0.25, -0.2) is 4.99 Å². The van der Waals surface area contributed by atoms with E-state index < -0.39 is 6.04 Å². The van der Waals surface area contributed by atoms with Crippen LogP contribution < -0.4 is 29.7 Å². The molecule has 0 saturated heterocycles. The third-order valence-corrected chi connectivity index (χ3v) is 8.68. The van der Waals surface area contributed by atoms with Crippen molar-refractivity contribution in [1.29, 1.82) is 5.26 Å². The lowest BCUT2D eigenvalue weighted by atomic mass is 9.95. The number of carbonyl (C=O) groups excluding carboxylic acids is 1. The molecule has 1 aliphatic heterocycles. The molecule has 0 aliphatic carbocycles. The second kappa shape index (κ2) is 13.3. The summed E-state index contributed by atoms with van der Waals surface area (Å²) >= 11 is 7.60. The number of para-hydroxylation sites is 1. The maximum Gasteiger partial charge on any atom is 0.271 e. The van der Waals surface area contributed by atoms with Crippen LogP contribution in [0.2, 0.25) is 5.02 Å². The molecule has 46 heavy (non-hydrogen) atoms. The molecule has 1 N–H and O–H groups in total. The molecule has 4 aromatic carbocycles. The van der Waals surface area contributed by atoms with Crippen LogP contribution in [0.25, 0.3) is 6.08 Å². The second-order valence-corrected chi connectivity index (χ2v) is 11.9. The van der Waals surface area contributed by atoms with Crippen LogP contribution in [0.5, 0.6) is 11.5 Å². The first-order valence-corrected chi connectivity index (χ1v) is 15.5. The molecular weight excluding hydrogens is 620 g/mol. The number of halogens is 1. The minimum absolute atomic E-state index is 0.256. The fourth-order valence-corrected chi connectivity index (χ4v) is 6.39. The number of nitrogens with one attached hydrogen (secondary N) is 1. The van der Waals surface area contributed by atoms with Crippen LogP contribution in [0.1, 0.15) is 35.2 Å². The Labute approximate surface area is 273 Å². The van der Waals surface area contributed by atoms with Crippen molar-refractivity contribution in [2.45, 2.75) is 19.6 Å². The highest BCUT2D eigenvalue weighted by atomic mass is 35.5. The topological polar surface area (TPSA) is 106 Å². The number of ether oxygens (including phenoxy) is 2. The highest BCUT2D eigenvalue weighted by Gasteiger charge is 2.32. The molecule has 6 rings (SSSR count). The Morgan fingerprint density at radius 2 is 1.80 bits per heavy atom. The lowest BCUT2D eigenvalue weighted by molar-refractivity contribution is -0.113. The van der Waals surface area contributed by atoms with Gasteiger partial charge >= 0.3 is 0 Å². The lowest BCUT2D eigenvalue weighted by Gasteiger charge is -2.25. The third-order valence-electron chi connectivity index (χ3n) is 7.47. The molecule has 5 aromatic rings. The summed E-state index contributed by atoms with van der Waals surface area (Å²) in [6.45, 7) is 2.03. The number of carbonyl (C=O) groups is 1. The number of hydrogen-bond donors (Lipinski definition) is 1. The number of methoxy groups -OCH3 is 1. The number of benzene rings is 4. The Kier molecular flexibility index (Phi) is 8.83. The molecule has 228 valence electrons. The highest BCUT2D eigenvalue weighted by molar-refractivity contribution is 7.07. The van der Waals surface area contributed by atoms with Gasteiger partial charge in [0.25, 0.3) is 11.5 Å². The normalized spacial score (nSPS) is 14.2. The Bertz CT molecular complexity index is 2180. The molecule has 0 unspecified atom stereocenters. The largest absolute Gasteiger partial charge is 0.497 e. The van der Waals surface area contributed by atoms with E-state index in [1.807, 2.05) is 42.5 Å². The first kappa shape index (κ1) is 30.6. The minimum atomic E-state index is -0.737. The second-order valence-electron chi connectivity index (χ2n) is 10.5. The van der Waals surface area contributed by atoms with E-state index in [9.17, 15) is 9.59 Å². The number of nitriles is 1. The van der Waals surface area contributed by atoms with E-state index in [0.717, 1.165) is 11.1 Å². The molecule has 0 fully saturated rings. The SMILES string of the molecule is COc1ccc([C@@H]2C(C(=O)Nc3ccccc3)=C(C)N=c3s/c(=C/c4cc(Cl)ccc4OCc4ccc(C#N)cc4)c(=O)n32)cc1. The van der Waals surface area contributed by atoms with E-state index in [1.54, 1.807) is 79.3 Å². The molecule has 0 radical (unpaired) electrons. The molecule has 2 heterocycles. The summed E-state index contributed by atoms with van der Waals surface area (Å²) in [5, 5.41) is 12.5. The zero-order valence-corrected chi connectivity index (χ0v) is 26.4. The quantitative estimate of drug-likeness (QED) is 0.223. The van der Waals surface area contributed by atoms with Gasteiger partial charge in [-0.15, -0.1) is 0 Å². The summed E-state index contributed by atoms with van der Waals surface area (Å²) in [5.41, 5.74) is 4.00. The molecule has 0 saturated carbocycles. The van der Waals surface area contributed by atoms with E-state index in [-0.39, 0.29) is 18.1 Å². The van der Waals surface area contributed by atoms with Crippen LogP contribution >= 0.6 is 22.9 Å². The van der Waals surface area contributed by atoms with Crippen molar-refractivity contribution in [1.82, 2.24) is 4.57 Å². The zero-order chi connectivity index (χ0) is 32.2. The highest BCUT2D eigenvalue weighted by Crippen LogP contribution is 2.32. The summed E-state index contributed by atoms with van der Waals surface area (Å²) < 4.78 is 13.4. The van der Waals surface area contributed by atoms with Gasteiger partial charge in [-0.3, -0.25) is 14.2 Å². The molecular formula is C36H27ClN4O4S. The molecule has 1 aromatic heterocycles. The Morgan fingerprint density at radius 3 is 2.50 bits per heavy atom. The first-order valence-electron chi connectivity index (χ1n) is 14.3. The molecule has 10 heteroatoms. The number of fused-ring (bicyclic) bond motifs is 1. The standard InChI is InChI=1S/C36H27ClN4O4S/c1-22-32(34(42)40-28-6-4-3-5-7-28)33(25-12-15-29(44-2)16-13-25)41-35(43)31(46-36(41)39-22)19-26-18-27(37)14-17-30(26)45-21-24-10-8-23(20-38)9-11-24/h3-19,33H,21H2,1-2H3,(H,40,42)/b31-19+/t33-/m1/s1. The van der Waals surface area contributed by atoms with Crippen LogP contribution in [-0.2, 0) is 11.4 Å². The molecule has 1 amide bonds. The van der Waals surface area contributed by atoms with Crippen molar-refractivity contribution in [3.8, 4) is 17.6 Å². The summed E-state index contributed by atoms with van der Waals surface area (Å²) in [4.78, 5) is 33.2. The maximum atomic E-state index is 14.2. The number of thiazole rings is 1. The van der Waals surface area contributed by atoms with E-state index in [4.69, 9.17) is 31.3 Å². The van der Waals surface area contributed by atoms with E-state index >= 15 is 0 Å². The van der Waals surface area contributed by atoms with E-state index in [0.29, 0.717) is 53.9 Å². The fourth-order valence-electron chi connectivity index (χ4n) is 5.17. The van der Waals surface area contributed by atoms with Crippen molar-refractivity contribution in [3.05, 3.63) is 155 Å². The third kappa shape index (κ3) is 6.35. The van der Waals surface area contributed by atoms with Gasteiger partial charge in [0.2, 0.25) is 0 Å². The number of nitrogens with zero attached hydrogens (tertiary/aromatic N) is 3. The smallest absolute Gasteiger partial charge is 0.271 e. The Hall–Kier alpha value is -5.43. The van der Waals surface area contributed by atoms with Crippen molar-refractivity contribution < 1.29 is 14.3 Å². The van der Waals surface area contributed by atoms with Gasteiger partial charge in [0, 0.05) is 16.3 Å². The molecule has 0 spiro atoms. The van der Waals surface area contributed by atoms with Crippen LogP contribution in [0.4, 0.5) is 5.69 Å². The summed E-state index contributed by atoms with van der Waals surface area (Å²) in [6, 6.07) is 30.2. The number of hydrogen-bond acceptors (Lipinski definition) is 7. The van der Waals surface area contributed by atoms with Gasteiger partial charge in [-0.2, -0.15) is 5.26 Å². The predicted octanol–water partition coefficient (Wildman–Crippen LogP) is 5.99. The van der Waals surface area contributed by atoms with Gasteiger partial charge in [-0.1, -0.05) is 65.4 Å². The zero-order valence-electron chi connectivity index (χ0n) is 24.9. The molecule has 1 atom stereocenters. The number of rotatable bonds is 8. The fraction of sp³-hybridized carbons (Fsp3) is 0.111. The lowest BCUT2D eigenvalue weighted by Crippen LogP contribution is -2.40. The predicted molar refractivity (Wildman–Crippen MR) is 179 cm³/mol. The number of amides is 1. The van der Waals surface area contributed by atoms with Gasteiger partial charge in [0.15, 0.2) is 4.80 Å². The summed E-state index contributed by atoms with van der Waals surface area (Å²) in [7, 11) is 1.58. The summed E-state index contributed by atoms with van der Waals surface area (Å²) in [6.07, 6.45) is 1.73. The number of allylic oxidation sites excluding steroid dienone is 1. The van der Waals surface area contributed by atoms with Crippen molar-refractivity contribution in [2.75, 3.05) is 12.4 Å². The van der Waals surface area contributed by atoms with Crippen LogP contribution in [0.3, 0.4) is 0 Å². The van der Waals surface area contributed by atoms with Crippen molar-refractivity contribution >= 4 is 40.6 Å². The van der Waals surface area contributed by atoms with Gasteiger partial charge in [0.05, 0.1) is 40.6 Å². The minimum Gasteiger partial charge on any atom is -0.497 e. The van der Waals surface area contributed by atoms with Crippen LogP contribution in [-0.4, -0.2) is 17.6 Å². The maximum absolute atomic E-state index is 14.2. The Balaban J connectivity index is 1.42. The number of anilines is 1. The van der Waals surface area contributed by atoms with Gasteiger partial charge in [0.1, 0.15) is 18.1 Å². The molecule has 1 aliphatic rings. The van der Waals surface area contributed by atoms with Crippen molar-refractivity contribution in [2.24, 2.45) is 4.99 Å². The Morgan fingerprint density at radius 1 is 1.07 bits per heavy atom. The van der Waals surface area contributed by atoms with E-state index in [2.05, 4.69) is 11.4 Å². The van der Waals surface area contributed by atoms with Gasteiger partial charge < -0.3 is 14.8 Å². The van der Waals surface area contributed by atoms with Gasteiger partial charge in [-0.05, 0) is 78.7 Å². The monoisotopic (exact) mass is 646 g/mol. The average molecular weight is 647 g/mol. The van der Waals surface area contributed by atoms with E-state index in [1.165, 1.54) is 11.3 Å². The van der Waals surface area contributed by atoms with Crippen LogP contribution in [0.15, 0.2) is 118 Å². The molecule has 0 bridgehead atoms. The van der Waals surface area contributed by atoms with Crippen molar-refractivity contribution in [3.63, 3.8) is 0 Å². The first-order chi connectivity index (χ1) is 22.3. The number of aromatic nitrogens is 1.